The standard InChI is InChI=1S/C19H19BrN2O2/c1-12-9-14(20)7-8-17(12)21-18(23)11-22(2)19(24)16-10-13-5-3-4-6-15(13)16/h3-9,16H,10-11H2,1-2H3,(H,21,23). The van der Waals surface area contributed by atoms with Gasteiger partial charge in [0.1, 0.15) is 0 Å². The van der Waals surface area contributed by atoms with Crippen LogP contribution in [0.5, 0.6) is 0 Å². The van der Waals surface area contributed by atoms with Crippen molar-refractivity contribution < 1.29 is 9.59 Å². The molecule has 4 nitrogen and oxygen atoms in total. The Morgan fingerprint density at radius 3 is 2.71 bits per heavy atom. The molecule has 0 saturated carbocycles. The molecule has 1 aliphatic carbocycles. The van der Waals surface area contributed by atoms with Crippen LogP contribution in [0.3, 0.4) is 0 Å². The second-order valence-electron chi connectivity index (χ2n) is 6.16. The van der Waals surface area contributed by atoms with Crippen molar-refractivity contribution in [1.82, 2.24) is 4.90 Å². The molecule has 0 spiro atoms. The maximum Gasteiger partial charge on any atom is 0.243 e. The topological polar surface area (TPSA) is 49.4 Å². The smallest absolute Gasteiger partial charge is 0.243 e. The van der Waals surface area contributed by atoms with Gasteiger partial charge in [-0.15, -0.1) is 0 Å². The normalized spacial score (nSPS) is 15.2. The Bertz CT molecular complexity index is 804. The molecule has 24 heavy (non-hydrogen) atoms. The van der Waals surface area contributed by atoms with Crippen molar-refractivity contribution in [3.05, 3.63) is 63.6 Å². The Morgan fingerprint density at radius 2 is 2.00 bits per heavy atom. The quantitative estimate of drug-likeness (QED) is 0.873. The monoisotopic (exact) mass is 386 g/mol. The molecule has 0 heterocycles. The molecule has 0 radical (unpaired) electrons. The zero-order valence-electron chi connectivity index (χ0n) is 13.7. The highest BCUT2D eigenvalue weighted by molar-refractivity contribution is 9.10. The molecule has 1 atom stereocenters. The number of carbonyl (C=O) groups is 2. The van der Waals surface area contributed by atoms with Crippen LogP contribution in [-0.4, -0.2) is 30.3 Å². The van der Waals surface area contributed by atoms with Gasteiger partial charge in [0.15, 0.2) is 0 Å². The van der Waals surface area contributed by atoms with Gasteiger partial charge in [-0.3, -0.25) is 9.59 Å². The van der Waals surface area contributed by atoms with Crippen molar-refractivity contribution in [3.63, 3.8) is 0 Å². The van der Waals surface area contributed by atoms with Crippen LogP contribution in [0.15, 0.2) is 46.9 Å². The molecule has 3 rings (SSSR count). The van der Waals surface area contributed by atoms with Crippen LogP contribution in [0.4, 0.5) is 5.69 Å². The van der Waals surface area contributed by atoms with Gasteiger partial charge in [0.25, 0.3) is 0 Å². The van der Waals surface area contributed by atoms with Gasteiger partial charge >= 0.3 is 0 Å². The predicted molar refractivity (Wildman–Crippen MR) is 98.0 cm³/mol. The Morgan fingerprint density at radius 1 is 1.25 bits per heavy atom. The number of nitrogens with zero attached hydrogens (tertiary/aromatic N) is 1. The molecule has 5 heteroatoms. The molecule has 0 aromatic heterocycles. The maximum absolute atomic E-state index is 12.5. The van der Waals surface area contributed by atoms with Crippen LogP contribution >= 0.6 is 15.9 Å². The Kier molecular flexibility index (Phi) is 4.71. The number of amides is 2. The number of nitrogens with one attached hydrogen (secondary N) is 1. The highest BCUT2D eigenvalue weighted by Crippen LogP contribution is 2.35. The molecule has 2 aromatic rings. The summed E-state index contributed by atoms with van der Waals surface area (Å²) >= 11 is 3.40. The molecular formula is C19H19BrN2O2. The van der Waals surface area contributed by atoms with Gasteiger partial charge in [0.05, 0.1) is 12.5 Å². The third kappa shape index (κ3) is 3.36. The molecule has 2 aromatic carbocycles. The van der Waals surface area contributed by atoms with Crippen LogP contribution < -0.4 is 5.32 Å². The number of aryl methyl sites for hydroxylation is 1. The van der Waals surface area contributed by atoms with Gasteiger partial charge in [0, 0.05) is 17.2 Å². The Labute approximate surface area is 150 Å². The number of halogens is 1. The highest BCUT2D eigenvalue weighted by atomic mass is 79.9. The molecular weight excluding hydrogens is 368 g/mol. The SMILES string of the molecule is Cc1cc(Br)ccc1NC(=O)CN(C)C(=O)C1Cc2ccccc21. The van der Waals surface area contributed by atoms with E-state index in [1.807, 2.05) is 49.4 Å². The molecule has 1 unspecified atom stereocenters. The summed E-state index contributed by atoms with van der Waals surface area (Å²) in [5, 5.41) is 2.86. The fourth-order valence-electron chi connectivity index (χ4n) is 3.00. The van der Waals surface area contributed by atoms with E-state index >= 15 is 0 Å². The Hall–Kier alpha value is -2.14. The fraction of sp³-hybridized carbons (Fsp3) is 0.263. The summed E-state index contributed by atoms with van der Waals surface area (Å²) in [4.78, 5) is 26.3. The van der Waals surface area contributed by atoms with E-state index in [9.17, 15) is 9.59 Å². The minimum atomic E-state index is -0.191. The first-order chi connectivity index (χ1) is 11.5. The van der Waals surface area contributed by atoms with Crippen molar-refractivity contribution in [2.45, 2.75) is 19.3 Å². The van der Waals surface area contributed by atoms with E-state index < -0.39 is 0 Å². The summed E-state index contributed by atoms with van der Waals surface area (Å²) in [6.07, 6.45) is 0.757. The van der Waals surface area contributed by atoms with Gasteiger partial charge in [0.2, 0.25) is 11.8 Å². The van der Waals surface area contributed by atoms with Crippen molar-refractivity contribution >= 4 is 33.4 Å². The van der Waals surface area contributed by atoms with E-state index in [1.54, 1.807) is 7.05 Å². The molecule has 0 aliphatic heterocycles. The number of fused-ring (bicyclic) bond motifs is 1. The molecule has 1 aliphatic rings. The summed E-state index contributed by atoms with van der Waals surface area (Å²) in [6.45, 7) is 1.98. The van der Waals surface area contributed by atoms with Gasteiger partial charge in [-0.25, -0.2) is 0 Å². The minimum Gasteiger partial charge on any atom is -0.336 e. The van der Waals surface area contributed by atoms with Gasteiger partial charge in [-0.05, 0) is 48.2 Å². The lowest BCUT2D eigenvalue weighted by Gasteiger charge is -2.32. The Balaban J connectivity index is 1.59. The number of hydrogen-bond acceptors (Lipinski definition) is 2. The maximum atomic E-state index is 12.5. The van der Waals surface area contributed by atoms with Crippen molar-refractivity contribution in [2.24, 2.45) is 0 Å². The first-order valence-electron chi connectivity index (χ1n) is 7.84. The molecule has 124 valence electrons. The van der Waals surface area contributed by atoms with E-state index in [0.29, 0.717) is 0 Å². The molecule has 0 bridgehead atoms. The predicted octanol–water partition coefficient (Wildman–Crippen LogP) is 3.49. The minimum absolute atomic E-state index is 0.00335. The average molecular weight is 387 g/mol. The van der Waals surface area contributed by atoms with Crippen molar-refractivity contribution in [2.75, 3.05) is 18.9 Å². The summed E-state index contributed by atoms with van der Waals surface area (Å²) in [7, 11) is 1.68. The van der Waals surface area contributed by atoms with E-state index in [0.717, 1.165) is 27.7 Å². The largest absolute Gasteiger partial charge is 0.336 e. The number of likely N-dealkylation sites (N-methyl/N-ethyl adjacent to an activating group) is 1. The van der Waals surface area contributed by atoms with Gasteiger partial charge in [-0.1, -0.05) is 40.2 Å². The fourth-order valence-corrected chi connectivity index (χ4v) is 3.47. The first-order valence-corrected chi connectivity index (χ1v) is 8.64. The van der Waals surface area contributed by atoms with Crippen LogP contribution in [0.2, 0.25) is 0 Å². The summed E-state index contributed by atoms with van der Waals surface area (Å²) in [5.74, 6) is -0.311. The van der Waals surface area contributed by atoms with Gasteiger partial charge in [-0.2, -0.15) is 0 Å². The first kappa shape index (κ1) is 16.7. The number of hydrogen-bond donors (Lipinski definition) is 1. The van der Waals surface area contributed by atoms with E-state index in [1.165, 1.54) is 10.5 Å². The van der Waals surface area contributed by atoms with Crippen molar-refractivity contribution in [1.29, 1.82) is 0 Å². The number of benzene rings is 2. The second-order valence-corrected chi connectivity index (χ2v) is 7.07. The molecule has 0 fully saturated rings. The van der Waals surface area contributed by atoms with E-state index in [4.69, 9.17) is 0 Å². The summed E-state index contributed by atoms with van der Waals surface area (Å²) in [5.41, 5.74) is 4.04. The average Bonchev–Trinajstić information content (AvgIpc) is 2.51. The molecule has 0 saturated heterocycles. The third-order valence-electron chi connectivity index (χ3n) is 4.37. The van der Waals surface area contributed by atoms with Crippen molar-refractivity contribution in [3.8, 4) is 0 Å². The number of carbonyl (C=O) groups excluding carboxylic acids is 2. The lowest BCUT2D eigenvalue weighted by atomic mass is 9.77. The molecule has 2 amide bonds. The van der Waals surface area contributed by atoms with Crippen LogP contribution in [0.1, 0.15) is 22.6 Å². The zero-order valence-corrected chi connectivity index (χ0v) is 15.3. The highest BCUT2D eigenvalue weighted by Gasteiger charge is 2.33. The zero-order chi connectivity index (χ0) is 17.3. The van der Waals surface area contributed by atoms with Crippen LogP contribution in [0.25, 0.3) is 0 Å². The van der Waals surface area contributed by atoms with E-state index in [2.05, 4.69) is 21.2 Å². The lowest BCUT2D eigenvalue weighted by Crippen LogP contribution is -2.41. The number of anilines is 1. The van der Waals surface area contributed by atoms with Crippen LogP contribution in [0, 0.1) is 6.92 Å². The lowest BCUT2D eigenvalue weighted by molar-refractivity contribution is -0.135. The van der Waals surface area contributed by atoms with E-state index in [-0.39, 0.29) is 24.3 Å². The second kappa shape index (κ2) is 6.77. The van der Waals surface area contributed by atoms with Gasteiger partial charge < -0.3 is 10.2 Å². The van der Waals surface area contributed by atoms with Crippen LogP contribution in [-0.2, 0) is 16.0 Å². The third-order valence-corrected chi connectivity index (χ3v) is 4.87. The summed E-state index contributed by atoms with van der Waals surface area (Å²) < 4.78 is 0.967. The number of rotatable bonds is 4. The molecule has 1 N–H and O–H groups in total. The summed E-state index contributed by atoms with van der Waals surface area (Å²) in [6, 6.07) is 13.6.